The number of nitrogens with zero attached hydrogens (tertiary/aromatic N) is 5. The first-order valence-electron chi connectivity index (χ1n) is 8.21. The molecule has 2 heterocycles. The number of rotatable bonds is 8. The largest absolute Gasteiger partial charge is 0.497 e. The number of nitrogens with two attached hydrogens (primary N) is 2. The number of aromatic amines is 2. The summed E-state index contributed by atoms with van der Waals surface area (Å²) in [6.07, 6.45) is 1.23. The van der Waals surface area contributed by atoms with Crippen molar-refractivity contribution in [3.63, 3.8) is 0 Å². The van der Waals surface area contributed by atoms with E-state index in [2.05, 4.69) is 25.3 Å². The van der Waals surface area contributed by atoms with Crippen LogP contribution in [0.1, 0.15) is 11.6 Å². The lowest BCUT2D eigenvalue weighted by molar-refractivity contribution is 0.415. The van der Waals surface area contributed by atoms with Gasteiger partial charge in [0.15, 0.2) is 11.6 Å². The first-order chi connectivity index (χ1) is 13.0. The molecule has 1 aromatic carbocycles. The number of benzene rings is 1. The molecule has 0 saturated heterocycles. The molecular formula is C15H21N9OS2. The Labute approximate surface area is 165 Å². The highest BCUT2D eigenvalue weighted by atomic mass is 32.1. The van der Waals surface area contributed by atoms with E-state index in [4.69, 9.17) is 40.9 Å². The summed E-state index contributed by atoms with van der Waals surface area (Å²) in [5.74, 6) is 13.9. The molecule has 0 aliphatic carbocycles. The molecule has 27 heavy (non-hydrogen) atoms. The Kier molecular flexibility index (Phi) is 5.76. The minimum Gasteiger partial charge on any atom is -0.497 e. The number of methoxy groups -OCH3 is 1. The maximum Gasteiger partial charge on any atom is 0.214 e. The number of hydrogen-bond donors (Lipinski definition) is 4. The third-order valence-electron chi connectivity index (χ3n) is 4.20. The van der Waals surface area contributed by atoms with Crippen LogP contribution >= 0.6 is 24.4 Å². The highest BCUT2D eigenvalue weighted by molar-refractivity contribution is 7.71. The van der Waals surface area contributed by atoms with E-state index in [1.165, 1.54) is 9.35 Å². The number of anilines is 1. The minimum atomic E-state index is 0.389. The Morgan fingerprint density at radius 2 is 1.44 bits per heavy atom. The van der Waals surface area contributed by atoms with E-state index in [9.17, 15) is 0 Å². The summed E-state index contributed by atoms with van der Waals surface area (Å²) in [7, 11) is 1.64. The lowest BCUT2D eigenvalue weighted by Crippen LogP contribution is -2.30. The highest BCUT2D eigenvalue weighted by Crippen LogP contribution is 2.20. The minimum absolute atomic E-state index is 0.389. The summed E-state index contributed by atoms with van der Waals surface area (Å²) in [5, 5.41) is 13.7. The third-order valence-corrected chi connectivity index (χ3v) is 4.78. The Bertz CT molecular complexity index is 943. The van der Waals surface area contributed by atoms with Gasteiger partial charge in [-0.25, -0.2) is 9.35 Å². The van der Waals surface area contributed by atoms with Crippen LogP contribution in [-0.2, 0) is 12.8 Å². The van der Waals surface area contributed by atoms with Crippen LogP contribution in [0, 0.1) is 9.54 Å². The average Bonchev–Trinajstić information content (AvgIpc) is 3.18. The summed E-state index contributed by atoms with van der Waals surface area (Å²) in [6, 6.07) is 7.83. The van der Waals surface area contributed by atoms with Crippen LogP contribution < -0.4 is 21.3 Å². The molecule has 144 valence electrons. The molecule has 0 bridgehead atoms. The van der Waals surface area contributed by atoms with Crippen LogP contribution in [0.4, 0.5) is 5.69 Å². The summed E-state index contributed by atoms with van der Waals surface area (Å²) in [4.78, 5) is 2.19. The van der Waals surface area contributed by atoms with Crippen LogP contribution in [0.25, 0.3) is 0 Å². The van der Waals surface area contributed by atoms with E-state index in [1.807, 2.05) is 24.3 Å². The molecule has 0 unspecified atom stereocenters. The summed E-state index contributed by atoms with van der Waals surface area (Å²) < 4.78 is 8.78. The Morgan fingerprint density at radius 1 is 0.963 bits per heavy atom. The summed E-state index contributed by atoms with van der Waals surface area (Å²) in [5.41, 5.74) is 1.03. The number of H-pyrrole nitrogens is 2. The van der Waals surface area contributed by atoms with Crippen LogP contribution in [0.3, 0.4) is 0 Å². The van der Waals surface area contributed by atoms with Gasteiger partial charge < -0.3 is 21.3 Å². The topological polar surface area (TPSA) is 132 Å². The fourth-order valence-corrected chi connectivity index (χ4v) is 2.96. The van der Waals surface area contributed by atoms with Crippen molar-refractivity contribution in [3.05, 3.63) is 45.5 Å². The molecule has 2 aromatic heterocycles. The van der Waals surface area contributed by atoms with Gasteiger partial charge >= 0.3 is 0 Å². The molecule has 0 atom stereocenters. The van der Waals surface area contributed by atoms with Crippen molar-refractivity contribution in [2.75, 3.05) is 36.8 Å². The molecule has 12 heteroatoms. The van der Waals surface area contributed by atoms with Gasteiger partial charge in [0.1, 0.15) is 5.75 Å². The van der Waals surface area contributed by atoms with Crippen molar-refractivity contribution in [2.45, 2.75) is 12.8 Å². The Hall–Kier alpha value is -2.86. The standard InChI is InChI=1S/C15H21N9OS2/c1-25-11-4-2-10(3-5-11)22(8-6-12-18-20-14(26)23(12)16)9-7-13-19-21-15(27)24(13)17/h2-5H,6-9,16-17H2,1H3,(H,20,26)(H,21,27). The second-order valence-electron chi connectivity index (χ2n) is 5.82. The Balaban J connectivity index is 1.76. The van der Waals surface area contributed by atoms with Crippen LogP contribution in [-0.4, -0.2) is 49.9 Å². The zero-order valence-electron chi connectivity index (χ0n) is 14.8. The molecule has 0 saturated carbocycles. The van der Waals surface area contributed by atoms with E-state index < -0.39 is 0 Å². The maximum absolute atomic E-state index is 5.89. The molecule has 0 aliphatic heterocycles. The predicted molar refractivity (Wildman–Crippen MR) is 108 cm³/mol. The van der Waals surface area contributed by atoms with Gasteiger partial charge in [-0.1, -0.05) is 0 Å². The van der Waals surface area contributed by atoms with Gasteiger partial charge in [0.2, 0.25) is 9.54 Å². The molecule has 10 nitrogen and oxygen atoms in total. The van der Waals surface area contributed by atoms with Crippen molar-refractivity contribution in [1.82, 2.24) is 29.7 Å². The van der Waals surface area contributed by atoms with Gasteiger partial charge in [-0.15, -0.1) is 0 Å². The molecule has 3 aromatic rings. The van der Waals surface area contributed by atoms with E-state index in [1.54, 1.807) is 7.11 Å². The van der Waals surface area contributed by atoms with Crippen molar-refractivity contribution in [1.29, 1.82) is 0 Å². The van der Waals surface area contributed by atoms with E-state index in [0.29, 0.717) is 47.1 Å². The van der Waals surface area contributed by atoms with E-state index in [0.717, 1.165) is 11.4 Å². The second kappa shape index (κ2) is 8.22. The van der Waals surface area contributed by atoms with E-state index >= 15 is 0 Å². The van der Waals surface area contributed by atoms with Crippen LogP contribution in [0.2, 0.25) is 0 Å². The van der Waals surface area contributed by atoms with Crippen LogP contribution in [0.5, 0.6) is 5.75 Å². The first-order valence-corrected chi connectivity index (χ1v) is 9.03. The highest BCUT2D eigenvalue weighted by Gasteiger charge is 2.12. The van der Waals surface area contributed by atoms with Gasteiger partial charge in [0, 0.05) is 31.6 Å². The van der Waals surface area contributed by atoms with Crippen molar-refractivity contribution < 1.29 is 4.74 Å². The van der Waals surface area contributed by atoms with E-state index in [-0.39, 0.29) is 0 Å². The molecule has 3 rings (SSSR count). The molecule has 0 amide bonds. The number of aromatic nitrogens is 6. The molecular weight excluding hydrogens is 386 g/mol. The number of nitrogen functional groups attached to an aromatic ring is 2. The fraction of sp³-hybridized carbons (Fsp3) is 0.333. The third kappa shape index (κ3) is 4.28. The smallest absolute Gasteiger partial charge is 0.214 e. The molecule has 0 radical (unpaired) electrons. The number of nitrogens with one attached hydrogen (secondary N) is 2. The molecule has 6 N–H and O–H groups in total. The van der Waals surface area contributed by atoms with Gasteiger partial charge in [0.05, 0.1) is 7.11 Å². The number of ether oxygens (including phenoxy) is 1. The Morgan fingerprint density at radius 3 is 1.81 bits per heavy atom. The normalized spacial score (nSPS) is 10.9. The summed E-state index contributed by atoms with van der Waals surface area (Å²) >= 11 is 10.1. The predicted octanol–water partition coefficient (Wildman–Crippen LogP) is 0.923. The fourth-order valence-electron chi connectivity index (χ4n) is 2.66. The second-order valence-corrected chi connectivity index (χ2v) is 6.59. The lowest BCUT2D eigenvalue weighted by Gasteiger charge is -2.24. The van der Waals surface area contributed by atoms with Gasteiger partial charge in [-0.05, 0) is 48.7 Å². The monoisotopic (exact) mass is 407 g/mol. The van der Waals surface area contributed by atoms with Crippen molar-refractivity contribution >= 4 is 30.1 Å². The molecule has 0 fully saturated rings. The van der Waals surface area contributed by atoms with Gasteiger partial charge in [-0.3, -0.25) is 10.2 Å². The average molecular weight is 408 g/mol. The first kappa shape index (κ1) is 18.9. The summed E-state index contributed by atoms with van der Waals surface area (Å²) in [6.45, 7) is 1.36. The molecule has 0 aliphatic rings. The number of hydrogen-bond acceptors (Lipinski definition) is 8. The SMILES string of the molecule is COc1ccc(N(CCc2n[nH]c(=S)n2N)CCc2n[nH]c(=S)n2N)cc1. The molecule has 0 spiro atoms. The quantitative estimate of drug-likeness (QED) is 0.320. The lowest BCUT2D eigenvalue weighted by atomic mass is 10.2. The maximum atomic E-state index is 5.89. The van der Waals surface area contributed by atoms with Crippen molar-refractivity contribution in [3.8, 4) is 5.75 Å². The zero-order chi connectivity index (χ0) is 19.4. The van der Waals surface area contributed by atoms with Gasteiger partial charge in [0.25, 0.3) is 0 Å². The van der Waals surface area contributed by atoms with Crippen molar-refractivity contribution in [2.24, 2.45) is 0 Å². The van der Waals surface area contributed by atoms with Crippen LogP contribution in [0.15, 0.2) is 24.3 Å². The zero-order valence-corrected chi connectivity index (χ0v) is 16.4. The van der Waals surface area contributed by atoms with Gasteiger partial charge in [-0.2, -0.15) is 10.2 Å².